The van der Waals surface area contributed by atoms with Gasteiger partial charge in [-0.1, -0.05) is 12.5 Å². The smallest absolute Gasteiger partial charge is 0.230 e. The zero-order valence-electron chi connectivity index (χ0n) is 17.1. The van der Waals surface area contributed by atoms with Gasteiger partial charge in [-0.15, -0.1) is 0 Å². The van der Waals surface area contributed by atoms with E-state index in [1.165, 1.54) is 12.5 Å². The summed E-state index contributed by atoms with van der Waals surface area (Å²) in [6.45, 7) is 8.10. The molecule has 0 aromatic carbocycles. The summed E-state index contributed by atoms with van der Waals surface area (Å²) in [7, 11) is 0. The molecule has 28 heavy (non-hydrogen) atoms. The van der Waals surface area contributed by atoms with Crippen LogP contribution in [0, 0.1) is 11.8 Å². The molecule has 3 fully saturated rings. The number of hydrogen-bond acceptors (Lipinski definition) is 5. The molecule has 1 N–H and O–H groups in total. The average Bonchev–Trinajstić information content (AvgIpc) is 2.66. The van der Waals surface area contributed by atoms with Gasteiger partial charge in [-0.05, 0) is 50.4 Å². The second-order valence-corrected chi connectivity index (χ2v) is 8.94. The number of halogens is 1. The van der Waals surface area contributed by atoms with Crippen LogP contribution in [-0.4, -0.2) is 56.0 Å². The lowest BCUT2D eigenvalue weighted by Crippen LogP contribution is -2.49. The fourth-order valence-corrected chi connectivity index (χ4v) is 5.00. The normalized spacial score (nSPS) is 31.4. The lowest BCUT2D eigenvalue weighted by molar-refractivity contribution is -0.122. The van der Waals surface area contributed by atoms with Crippen molar-refractivity contribution in [3.05, 3.63) is 22.7 Å². The summed E-state index contributed by atoms with van der Waals surface area (Å²) in [5.74, 6) is 2.14. The Morgan fingerprint density at radius 3 is 2.71 bits per heavy atom. The molecule has 158 valence electrons. The second-order valence-electron chi connectivity index (χ2n) is 7.83. The van der Waals surface area contributed by atoms with E-state index in [1.54, 1.807) is 11.8 Å². The Hall–Kier alpha value is -1.05. The summed E-state index contributed by atoms with van der Waals surface area (Å²) in [5, 5.41) is 2.96. The molecule has 3 saturated heterocycles. The van der Waals surface area contributed by atoms with Crippen LogP contribution in [0.3, 0.4) is 0 Å². The minimum atomic E-state index is -0.234. The average molecular weight is 414 g/mol. The van der Waals surface area contributed by atoms with Crippen molar-refractivity contribution in [1.82, 2.24) is 5.32 Å². The van der Waals surface area contributed by atoms with Gasteiger partial charge < -0.3 is 19.5 Å². The van der Waals surface area contributed by atoms with Crippen molar-refractivity contribution >= 4 is 17.7 Å². The predicted octanol–water partition coefficient (Wildman–Crippen LogP) is 3.60. The maximum Gasteiger partial charge on any atom is 0.230 e. The van der Waals surface area contributed by atoms with E-state index in [-0.39, 0.29) is 29.8 Å². The van der Waals surface area contributed by atoms with Crippen LogP contribution >= 0.6 is 11.8 Å². The van der Waals surface area contributed by atoms with Crippen molar-refractivity contribution in [2.45, 2.75) is 52.2 Å². The largest absolute Gasteiger partial charge is 0.490 e. The van der Waals surface area contributed by atoms with E-state index in [0.717, 1.165) is 30.6 Å². The number of carbonyl (C=O) groups is 1. The fourth-order valence-electron chi connectivity index (χ4n) is 4.19. The molecule has 0 spiro atoms. The Bertz CT molecular complexity index is 628. The summed E-state index contributed by atoms with van der Waals surface area (Å²) in [6.07, 6.45) is 2.77. The van der Waals surface area contributed by atoms with Gasteiger partial charge in [0.05, 0.1) is 37.7 Å². The first-order chi connectivity index (χ1) is 13.5. The number of nitrogens with one attached hydrogen (secondary N) is 1. The number of thioether (sulfide) groups is 1. The molecule has 0 aromatic rings. The Balaban J connectivity index is 1.54. The van der Waals surface area contributed by atoms with E-state index in [2.05, 4.69) is 19.2 Å². The summed E-state index contributed by atoms with van der Waals surface area (Å²) in [5.41, 5.74) is 2.26. The topological polar surface area (TPSA) is 56.8 Å². The van der Waals surface area contributed by atoms with Gasteiger partial charge >= 0.3 is 0 Å². The minimum absolute atomic E-state index is 0.0683. The molecule has 0 aliphatic carbocycles. The molecular weight excluding hydrogens is 381 g/mol. The van der Waals surface area contributed by atoms with Crippen LogP contribution in [0.5, 0.6) is 0 Å². The van der Waals surface area contributed by atoms with Gasteiger partial charge in [-0.3, -0.25) is 4.79 Å². The molecule has 0 saturated carbocycles. The van der Waals surface area contributed by atoms with Crippen LogP contribution in [0.25, 0.3) is 0 Å². The Kier molecular flexibility index (Phi) is 7.83. The van der Waals surface area contributed by atoms with Crippen LogP contribution in [-0.2, 0) is 19.0 Å². The monoisotopic (exact) mass is 413 g/mol. The summed E-state index contributed by atoms with van der Waals surface area (Å²) < 4.78 is 31.1. The van der Waals surface area contributed by atoms with Gasteiger partial charge in [0.25, 0.3) is 0 Å². The van der Waals surface area contributed by atoms with Gasteiger partial charge in [0.2, 0.25) is 5.91 Å². The van der Waals surface area contributed by atoms with Crippen LogP contribution in [0.1, 0.15) is 40.0 Å². The highest BCUT2D eigenvalue weighted by Crippen LogP contribution is 2.44. The molecule has 0 radical (unpaired) electrons. The first kappa shape index (κ1) is 21.7. The Labute approximate surface area is 171 Å². The highest BCUT2D eigenvalue weighted by Gasteiger charge is 2.42. The molecule has 7 heteroatoms. The van der Waals surface area contributed by atoms with Crippen molar-refractivity contribution in [2.24, 2.45) is 11.8 Å². The first-order valence-corrected chi connectivity index (χ1v) is 11.4. The minimum Gasteiger partial charge on any atom is -0.490 e. The van der Waals surface area contributed by atoms with E-state index < -0.39 is 0 Å². The van der Waals surface area contributed by atoms with E-state index in [9.17, 15) is 9.18 Å². The molecule has 3 atom stereocenters. The second kappa shape index (κ2) is 10.1. The highest BCUT2D eigenvalue weighted by molar-refractivity contribution is 7.99. The maximum absolute atomic E-state index is 14.1. The zero-order chi connectivity index (χ0) is 20.1. The van der Waals surface area contributed by atoms with E-state index in [0.29, 0.717) is 43.9 Å². The molecule has 0 bridgehead atoms. The Morgan fingerprint density at radius 1 is 1.29 bits per heavy atom. The van der Waals surface area contributed by atoms with Crippen LogP contribution in [0.2, 0.25) is 0 Å². The third-order valence-electron chi connectivity index (χ3n) is 5.88. The summed E-state index contributed by atoms with van der Waals surface area (Å²) in [4.78, 5) is 11.9. The van der Waals surface area contributed by atoms with Crippen LogP contribution in [0.4, 0.5) is 4.39 Å². The van der Waals surface area contributed by atoms with E-state index >= 15 is 0 Å². The number of amides is 1. The van der Waals surface area contributed by atoms with E-state index in [1.807, 2.05) is 0 Å². The highest BCUT2D eigenvalue weighted by atomic mass is 32.2. The van der Waals surface area contributed by atoms with E-state index in [4.69, 9.17) is 14.2 Å². The van der Waals surface area contributed by atoms with Gasteiger partial charge in [0.15, 0.2) is 5.76 Å². The van der Waals surface area contributed by atoms with Gasteiger partial charge in [-0.25, -0.2) is 4.39 Å². The van der Waals surface area contributed by atoms with Crippen LogP contribution in [0.15, 0.2) is 22.7 Å². The van der Waals surface area contributed by atoms with Crippen molar-refractivity contribution in [3.63, 3.8) is 0 Å². The molecule has 3 aliphatic rings. The molecule has 3 aliphatic heterocycles. The van der Waals surface area contributed by atoms with Crippen molar-refractivity contribution in [2.75, 3.05) is 37.9 Å². The number of carbonyl (C=O) groups excluding carboxylic acids is 1. The summed E-state index contributed by atoms with van der Waals surface area (Å²) >= 11 is 1.63. The molecule has 1 amide bonds. The van der Waals surface area contributed by atoms with Crippen molar-refractivity contribution in [3.8, 4) is 0 Å². The van der Waals surface area contributed by atoms with Crippen LogP contribution < -0.4 is 5.32 Å². The third kappa shape index (κ3) is 5.10. The van der Waals surface area contributed by atoms with Crippen molar-refractivity contribution < 1.29 is 23.4 Å². The summed E-state index contributed by atoms with van der Waals surface area (Å²) in [6, 6.07) is 0.183. The number of rotatable bonds is 7. The molecule has 0 aromatic heterocycles. The van der Waals surface area contributed by atoms with Gasteiger partial charge in [0, 0.05) is 12.5 Å². The number of fused-ring (bicyclic) bond motifs is 1. The van der Waals surface area contributed by atoms with Gasteiger partial charge in [-0.2, -0.15) is 11.8 Å². The maximum atomic E-state index is 14.1. The number of ether oxygens (including phenoxy) is 3. The molecule has 3 rings (SSSR count). The standard InChI is InChI=1S/C21H32FNO4S/c1-4-13(2)20-16-5-7-26-18(17(16)11-27-21(20)14(3)22)6-8-28-12-19(24)23-15-9-25-10-15/h15-18H,4-12H2,1-3H3,(H,23,24). The SMILES string of the molecule is CCC(C)=C1C(=C(C)F)OCC2C(CCSCC(=O)NC3COC3)OCCC12. The molecule has 3 unspecified atom stereocenters. The van der Waals surface area contributed by atoms with Gasteiger partial charge in [0.1, 0.15) is 5.83 Å². The lowest BCUT2D eigenvalue weighted by atomic mass is 9.74. The Morgan fingerprint density at radius 2 is 2.07 bits per heavy atom. The first-order valence-electron chi connectivity index (χ1n) is 10.3. The number of hydrogen-bond donors (Lipinski definition) is 1. The zero-order valence-corrected chi connectivity index (χ0v) is 17.9. The molecule has 5 nitrogen and oxygen atoms in total. The molecule has 3 heterocycles. The fraction of sp³-hybridized carbons (Fsp3) is 0.762. The molecular formula is C21H32FNO4S. The quantitative estimate of drug-likeness (QED) is 0.646. The number of allylic oxidation sites excluding steroid dienone is 3. The van der Waals surface area contributed by atoms with Crippen molar-refractivity contribution in [1.29, 1.82) is 0 Å². The predicted molar refractivity (Wildman–Crippen MR) is 109 cm³/mol. The lowest BCUT2D eigenvalue weighted by Gasteiger charge is -2.44. The third-order valence-corrected chi connectivity index (χ3v) is 6.87.